The third kappa shape index (κ3) is 2.15. The van der Waals surface area contributed by atoms with E-state index in [4.69, 9.17) is 9.47 Å². The maximum atomic E-state index is 14.5. The summed E-state index contributed by atoms with van der Waals surface area (Å²) in [5, 5.41) is 10.6. The molecule has 0 radical (unpaired) electrons. The zero-order chi connectivity index (χ0) is 16.9. The van der Waals surface area contributed by atoms with Crippen LogP contribution in [0.25, 0.3) is 0 Å². The van der Waals surface area contributed by atoms with Crippen molar-refractivity contribution in [3.8, 4) is 0 Å². The predicted octanol–water partition coefficient (Wildman–Crippen LogP) is 2.76. The third-order valence-electron chi connectivity index (χ3n) is 4.39. The molecule has 2 aromatic carbocycles. The summed E-state index contributed by atoms with van der Waals surface area (Å²) in [5.74, 6) is -1.15. The van der Waals surface area contributed by atoms with Crippen molar-refractivity contribution in [1.29, 1.82) is 0 Å². The molecule has 1 N–H and O–H groups in total. The average molecular weight is 329 g/mol. The minimum Gasteiger partial charge on any atom is -0.375 e. The number of hydrogen-bond acceptors (Lipinski definition) is 4. The number of carbonyl (C=O) groups is 1. The molecule has 1 amide bonds. The van der Waals surface area contributed by atoms with E-state index >= 15 is 0 Å². The van der Waals surface area contributed by atoms with E-state index in [0.717, 1.165) is 0 Å². The standard InChI is InChI=1S/C18H16FNO4/c1-18(22)12-4-2-3-5-14(12)20(17(18)21)15-10-11(6-7-13(15)19)16-23-8-9-24-16/h2-7,10,16,22H,8-9H2,1H3. The Balaban J connectivity index is 1.84. The first-order chi connectivity index (χ1) is 11.5. The zero-order valence-corrected chi connectivity index (χ0v) is 13.0. The molecule has 0 aromatic heterocycles. The van der Waals surface area contributed by atoms with Gasteiger partial charge < -0.3 is 14.6 Å². The zero-order valence-electron chi connectivity index (χ0n) is 13.0. The highest BCUT2D eigenvalue weighted by Crippen LogP contribution is 2.45. The van der Waals surface area contributed by atoms with Gasteiger partial charge in [-0.05, 0) is 25.1 Å². The Kier molecular flexibility index (Phi) is 3.42. The molecule has 1 atom stereocenters. The van der Waals surface area contributed by atoms with Crippen molar-refractivity contribution >= 4 is 17.3 Å². The molecule has 5 nitrogen and oxygen atoms in total. The summed E-state index contributed by atoms with van der Waals surface area (Å²) < 4.78 is 25.3. The second-order valence-electron chi connectivity index (χ2n) is 6.01. The maximum Gasteiger partial charge on any atom is 0.268 e. The minimum atomic E-state index is -1.70. The Labute approximate surface area is 138 Å². The lowest BCUT2D eigenvalue weighted by Gasteiger charge is -2.21. The van der Waals surface area contributed by atoms with Gasteiger partial charge in [-0.15, -0.1) is 0 Å². The number of amides is 1. The van der Waals surface area contributed by atoms with Crippen LogP contribution < -0.4 is 4.90 Å². The lowest BCUT2D eigenvalue weighted by Crippen LogP contribution is -2.35. The second-order valence-corrected chi connectivity index (χ2v) is 6.01. The Morgan fingerprint density at radius 2 is 1.88 bits per heavy atom. The molecule has 124 valence electrons. The molecule has 2 heterocycles. The summed E-state index contributed by atoms with van der Waals surface area (Å²) in [6, 6.07) is 11.2. The fourth-order valence-corrected chi connectivity index (χ4v) is 3.16. The molecule has 2 aliphatic rings. The molecule has 0 spiro atoms. The molecule has 24 heavy (non-hydrogen) atoms. The molecular weight excluding hydrogens is 313 g/mol. The number of benzene rings is 2. The summed E-state index contributed by atoms with van der Waals surface area (Å²) in [5.41, 5.74) is -0.0770. The van der Waals surface area contributed by atoms with Crippen molar-refractivity contribution in [2.75, 3.05) is 18.1 Å². The number of anilines is 2. The van der Waals surface area contributed by atoms with Crippen LogP contribution in [-0.2, 0) is 19.9 Å². The van der Waals surface area contributed by atoms with E-state index in [1.54, 1.807) is 30.3 Å². The fraction of sp³-hybridized carbons (Fsp3) is 0.278. The van der Waals surface area contributed by atoms with Gasteiger partial charge in [0.05, 0.1) is 24.6 Å². The third-order valence-corrected chi connectivity index (χ3v) is 4.39. The molecule has 2 aromatic rings. The van der Waals surface area contributed by atoms with E-state index in [1.807, 2.05) is 0 Å². The number of hydrogen-bond donors (Lipinski definition) is 1. The van der Waals surface area contributed by atoms with E-state index in [1.165, 1.54) is 24.0 Å². The van der Waals surface area contributed by atoms with E-state index in [0.29, 0.717) is 30.0 Å². The van der Waals surface area contributed by atoms with E-state index < -0.39 is 23.6 Å². The molecule has 6 heteroatoms. The lowest BCUT2D eigenvalue weighted by atomic mass is 9.98. The van der Waals surface area contributed by atoms with Gasteiger partial charge in [-0.2, -0.15) is 0 Å². The van der Waals surface area contributed by atoms with Crippen LogP contribution in [0.3, 0.4) is 0 Å². The molecule has 2 aliphatic heterocycles. The van der Waals surface area contributed by atoms with Gasteiger partial charge in [0, 0.05) is 11.1 Å². The quantitative estimate of drug-likeness (QED) is 0.920. The van der Waals surface area contributed by atoms with Crippen molar-refractivity contribution in [3.05, 3.63) is 59.4 Å². The van der Waals surface area contributed by atoms with Crippen molar-refractivity contribution in [2.24, 2.45) is 0 Å². The Morgan fingerprint density at radius 1 is 1.17 bits per heavy atom. The molecule has 0 saturated carbocycles. The van der Waals surface area contributed by atoms with Crippen molar-refractivity contribution in [1.82, 2.24) is 0 Å². The number of nitrogens with zero attached hydrogens (tertiary/aromatic N) is 1. The van der Waals surface area contributed by atoms with Gasteiger partial charge in [0.1, 0.15) is 5.82 Å². The number of para-hydroxylation sites is 1. The summed E-state index contributed by atoms with van der Waals surface area (Å²) in [6.07, 6.45) is -0.571. The first-order valence-electron chi connectivity index (χ1n) is 7.69. The first kappa shape index (κ1) is 15.3. The molecule has 0 aliphatic carbocycles. The minimum absolute atomic E-state index is 0.0711. The van der Waals surface area contributed by atoms with Crippen LogP contribution in [0.2, 0.25) is 0 Å². The van der Waals surface area contributed by atoms with Gasteiger partial charge in [-0.1, -0.05) is 24.3 Å². The van der Waals surface area contributed by atoms with Gasteiger partial charge in [0.2, 0.25) is 0 Å². The van der Waals surface area contributed by atoms with Gasteiger partial charge in [0.25, 0.3) is 5.91 Å². The Hall–Kier alpha value is -2.28. The SMILES string of the molecule is CC1(O)C(=O)N(c2cc(C3OCCO3)ccc2F)c2ccccc21. The second kappa shape index (κ2) is 5.37. The van der Waals surface area contributed by atoms with Crippen LogP contribution in [0, 0.1) is 5.82 Å². The van der Waals surface area contributed by atoms with Crippen LogP contribution in [0.4, 0.5) is 15.8 Å². The van der Waals surface area contributed by atoms with Crippen LogP contribution in [0.1, 0.15) is 24.3 Å². The highest BCUT2D eigenvalue weighted by Gasteiger charge is 2.47. The van der Waals surface area contributed by atoms with Crippen molar-refractivity contribution in [3.63, 3.8) is 0 Å². The number of carbonyl (C=O) groups excluding carboxylic acids is 1. The van der Waals surface area contributed by atoms with Crippen molar-refractivity contribution < 1.29 is 23.8 Å². The Bertz CT molecular complexity index is 814. The van der Waals surface area contributed by atoms with Crippen LogP contribution in [-0.4, -0.2) is 24.2 Å². The normalized spacial score (nSPS) is 23.8. The molecule has 4 rings (SSSR count). The molecule has 0 bridgehead atoms. The van der Waals surface area contributed by atoms with Crippen LogP contribution in [0.15, 0.2) is 42.5 Å². The fourth-order valence-electron chi connectivity index (χ4n) is 3.16. The smallest absolute Gasteiger partial charge is 0.268 e. The highest BCUT2D eigenvalue weighted by atomic mass is 19.1. The lowest BCUT2D eigenvalue weighted by molar-refractivity contribution is -0.133. The van der Waals surface area contributed by atoms with Crippen LogP contribution >= 0.6 is 0 Å². The van der Waals surface area contributed by atoms with Gasteiger partial charge >= 0.3 is 0 Å². The molecule has 1 unspecified atom stereocenters. The summed E-state index contributed by atoms with van der Waals surface area (Å²) in [7, 11) is 0. The van der Waals surface area contributed by atoms with E-state index in [-0.39, 0.29) is 5.69 Å². The molecule has 1 saturated heterocycles. The number of aliphatic hydroxyl groups is 1. The van der Waals surface area contributed by atoms with Crippen LogP contribution in [0.5, 0.6) is 0 Å². The summed E-state index contributed by atoms with van der Waals surface area (Å²) >= 11 is 0. The van der Waals surface area contributed by atoms with E-state index in [9.17, 15) is 14.3 Å². The van der Waals surface area contributed by atoms with Gasteiger partial charge in [-0.25, -0.2) is 4.39 Å². The summed E-state index contributed by atoms with van der Waals surface area (Å²) in [6.45, 7) is 2.36. The molecular formula is C18H16FNO4. The van der Waals surface area contributed by atoms with E-state index in [2.05, 4.69) is 0 Å². The number of halogens is 1. The largest absolute Gasteiger partial charge is 0.375 e. The van der Waals surface area contributed by atoms with Crippen molar-refractivity contribution in [2.45, 2.75) is 18.8 Å². The van der Waals surface area contributed by atoms with Gasteiger partial charge in [-0.3, -0.25) is 9.69 Å². The predicted molar refractivity (Wildman–Crippen MR) is 84.2 cm³/mol. The number of rotatable bonds is 2. The van der Waals surface area contributed by atoms with Gasteiger partial charge in [0.15, 0.2) is 11.9 Å². The maximum absolute atomic E-state index is 14.5. The average Bonchev–Trinajstić information content (AvgIpc) is 3.17. The molecule has 1 fully saturated rings. The number of fused-ring (bicyclic) bond motifs is 1. The topological polar surface area (TPSA) is 59.0 Å². The first-order valence-corrected chi connectivity index (χ1v) is 7.69. The monoisotopic (exact) mass is 329 g/mol. The summed E-state index contributed by atoms with van der Waals surface area (Å²) in [4.78, 5) is 13.9. The highest BCUT2D eigenvalue weighted by molar-refractivity contribution is 6.11. The Morgan fingerprint density at radius 3 is 2.62 bits per heavy atom. The number of ether oxygens (including phenoxy) is 2.